The van der Waals surface area contributed by atoms with Gasteiger partial charge in [-0.15, -0.1) is 5.73 Å². The van der Waals surface area contributed by atoms with Crippen LogP contribution in [0.3, 0.4) is 0 Å². The van der Waals surface area contributed by atoms with E-state index in [4.69, 9.17) is 11.6 Å². The molecule has 1 atom stereocenters. The van der Waals surface area contributed by atoms with Crippen molar-refractivity contribution in [2.24, 2.45) is 7.05 Å². The van der Waals surface area contributed by atoms with Crippen molar-refractivity contribution in [2.75, 3.05) is 0 Å². The minimum Gasteiger partial charge on any atom is -0.382 e. The number of hydrogen-bond acceptors (Lipinski definition) is 1. The van der Waals surface area contributed by atoms with E-state index in [2.05, 4.69) is 12.3 Å². The molecule has 0 bridgehead atoms. The number of halogens is 1. The lowest BCUT2D eigenvalue weighted by Crippen LogP contribution is -2.05. The van der Waals surface area contributed by atoms with E-state index in [0.29, 0.717) is 16.3 Å². The van der Waals surface area contributed by atoms with E-state index in [1.165, 1.54) is 0 Å². The lowest BCUT2D eigenvalue weighted by molar-refractivity contribution is 0.208. The van der Waals surface area contributed by atoms with Crippen molar-refractivity contribution < 1.29 is 5.11 Å². The number of rotatable bonds is 2. The molecule has 1 unspecified atom stereocenters. The SMILES string of the molecule is C=C=C(C)C(O)c1c(Cl)c2ccccc2n1C. The molecule has 0 aliphatic rings. The Bertz CT molecular complexity index is 581. The van der Waals surface area contributed by atoms with Crippen molar-refractivity contribution >= 4 is 22.5 Å². The summed E-state index contributed by atoms with van der Waals surface area (Å²) < 4.78 is 1.91. The van der Waals surface area contributed by atoms with Crippen molar-refractivity contribution in [1.82, 2.24) is 4.57 Å². The van der Waals surface area contributed by atoms with Crippen LogP contribution in [0.2, 0.25) is 5.02 Å². The molecule has 0 amide bonds. The van der Waals surface area contributed by atoms with Crippen LogP contribution in [0.1, 0.15) is 18.7 Å². The third-order valence-electron chi connectivity index (χ3n) is 3.04. The van der Waals surface area contributed by atoms with Gasteiger partial charge in [-0.2, -0.15) is 0 Å². The highest BCUT2D eigenvalue weighted by atomic mass is 35.5. The first kappa shape index (κ1) is 12.0. The Kier molecular flexibility index (Phi) is 3.12. The van der Waals surface area contributed by atoms with Crippen molar-refractivity contribution in [3.63, 3.8) is 0 Å². The van der Waals surface area contributed by atoms with Gasteiger partial charge in [0.05, 0.1) is 10.7 Å². The fourth-order valence-electron chi connectivity index (χ4n) is 1.97. The standard InChI is InChI=1S/C14H14ClNO/c1-4-9(2)14(17)13-12(15)10-7-5-6-8-11(10)16(13)3/h5-8,14,17H,1H2,2-3H3. The topological polar surface area (TPSA) is 25.2 Å². The molecule has 0 radical (unpaired) electrons. The second kappa shape index (κ2) is 4.42. The lowest BCUT2D eigenvalue weighted by atomic mass is 10.1. The molecular formula is C14H14ClNO. The molecule has 0 aliphatic heterocycles. The summed E-state index contributed by atoms with van der Waals surface area (Å²) in [4.78, 5) is 0. The third-order valence-corrected chi connectivity index (χ3v) is 3.43. The highest BCUT2D eigenvalue weighted by Gasteiger charge is 2.20. The molecule has 0 aliphatic carbocycles. The Morgan fingerprint density at radius 2 is 2.12 bits per heavy atom. The lowest BCUT2D eigenvalue weighted by Gasteiger charge is -2.12. The fraction of sp³-hybridized carbons (Fsp3) is 0.214. The summed E-state index contributed by atoms with van der Waals surface area (Å²) in [7, 11) is 1.89. The van der Waals surface area contributed by atoms with Gasteiger partial charge in [-0.3, -0.25) is 0 Å². The number of aliphatic hydroxyl groups excluding tert-OH is 1. The summed E-state index contributed by atoms with van der Waals surface area (Å²) in [6.07, 6.45) is -0.766. The number of aliphatic hydroxyl groups is 1. The molecule has 1 N–H and O–H groups in total. The van der Waals surface area contributed by atoms with E-state index in [9.17, 15) is 5.11 Å². The summed E-state index contributed by atoms with van der Waals surface area (Å²) in [6.45, 7) is 5.33. The first-order chi connectivity index (χ1) is 8.07. The molecule has 1 heterocycles. The number of aryl methyl sites for hydroxylation is 1. The normalized spacial score (nSPS) is 12.5. The third kappa shape index (κ3) is 1.81. The van der Waals surface area contributed by atoms with E-state index >= 15 is 0 Å². The van der Waals surface area contributed by atoms with E-state index in [1.54, 1.807) is 6.92 Å². The van der Waals surface area contributed by atoms with Gasteiger partial charge < -0.3 is 9.67 Å². The van der Waals surface area contributed by atoms with Crippen molar-refractivity contribution in [3.05, 3.63) is 52.9 Å². The first-order valence-corrected chi connectivity index (χ1v) is 5.73. The zero-order valence-corrected chi connectivity index (χ0v) is 10.6. The molecule has 0 saturated carbocycles. The number of fused-ring (bicyclic) bond motifs is 1. The summed E-state index contributed by atoms with van der Waals surface area (Å²) >= 11 is 6.32. The molecular weight excluding hydrogens is 234 g/mol. The van der Waals surface area contributed by atoms with Gasteiger partial charge in [-0.1, -0.05) is 36.4 Å². The number of nitrogens with zero attached hydrogens (tertiary/aromatic N) is 1. The maximum absolute atomic E-state index is 10.2. The van der Waals surface area contributed by atoms with Gasteiger partial charge in [0.15, 0.2) is 0 Å². The minimum absolute atomic E-state index is 0.588. The van der Waals surface area contributed by atoms with Crippen LogP contribution in [-0.2, 0) is 7.05 Å². The molecule has 17 heavy (non-hydrogen) atoms. The largest absolute Gasteiger partial charge is 0.382 e. The second-order valence-electron chi connectivity index (χ2n) is 4.04. The molecule has 1 aromatic heterocycles. The van der Waals surface area contributed by atoms with E-state index in [0.717, 1.165) is 10.9 Å². The van der Waals surface area contributed by atoms with E-state index < -0.39 is 6.10 Å². The highest BCUT2D eigenvalue weighted by molar-refractivity contribution is 6.36. The van der Waals surface area contributed by atoms with E-state index in [-0.39, 0.29) is 0 Å². The Morgan fingerprint density at radius 1 is 1.47 bits per heavy atom. The molecule has 2 nitrogen and oxygen atoms in total. The van der Waals surface area contributed by atoms with Gasteiger partial charge in [-0.25, -0.2) is 0 Å². The monoisotopic (exact) mass is 247 g/mol. The van der Waals surface area contributed by atoms with Gasteiger partial charge >= 0.3 is 0 Å². The Labute approximate surface area is 105 Å². The van der Waals surface area contributed by atoms with Crippen LogP contribution in [0, 0.1) is 0 Å². The maximum atomic E-state index is 10.2. The van der Waals surface area contributed by atoms with Gasteiger partial charge in [0, 0.05) is 23.5 Å². The minimum atomic E-state index is -0.766. The zero-order chi connectivity index (χ0) is 12.6. The molecule has 1 aromatic carbocycles. The average Bonchev–Trinajstić information content (AvgIpc) is 2.61. The average molecular weight is 248 g/mol. The van der Waals surface area contributed by atoms with Crippen LogP contribution < -0.4 is 0 Å². The highest BCUT2D eigenvalue weighted by Crippen LogP contribution is 2.35. The van der Waals surface area contributed by atoms with Crippen LogP contribution in [0.4, 0.5) is 0 Å². The Balaban J connectivity index is 2.74. The van der Waals surface area contributed by atoms with Crippen LogP contribution in [0.15, 0.2) is 42.1 Å². The first-order valence-electron chi connectivity index (χ1n) is 5.35. The number of para-hydroxylation sites is 1. The molecule has 2 rings (SSSR count). The molecule has 0 spiro atoms. The number of benzene rings is 1. The fourth-order valence-corrected chi connectivity index (χ4v) is 2.36. The summed E-state index contributed by atoms with van der Waals surface area (Å²) in [6, 6.07) is 7.80. The van der Waals surface area contributed by atoms with Crippen LogP contribution in [0.5, 0.6) is 0 Å². The van der Waals surface area contributed by atoms with Crippen LogP contribution in [-0.4, -0.2) is 9.67 Å². The predicted molar refractivity (Wildman–Crippen MR) is 71.2 cm³/mol. The Morgan fingerprint density at radius 3 is 2.71 bits per heavy atom. The number of hydrogen-bond donors (Lipinski definition) is 1. The van der Waals surface area contributed by atoms with Gasteiger partial charge in [0.25, 0.3) is 0 Å². The van der Waals surface area contributed by atoms with Crippen molar-refractivity contribution in [2.45, 2.75) is 13.0 Å². The van der Waals surface area contributed by atoms with Crippen molar-refractivity contribution in [1.29, 1.82) is 0 Å². The maximum Gasteiger partial charge on any atom is 0.124 e. The number of aromatic nitrogens is 1. The van der Waals surface area contributed by atoms with E-state index in [1.807, 2.05) is 35.9 Å². The second-order valence-corrected chi connectivity index (χ2v) is 4.42. The van der Waals surface area contributed by atoms with Crippen molar-refractivity contribution in [3.8, 4) is 0 Å². The van der Waals surface area contributed by atoms with Gasteiger partial charge in [-0.05, 0) is 13.0 Å². The van der Waals surface area contributed by atoms with Crippen LogP contribution in [0.25, 0.3) is 10.9 Å². The molecule has 2 aromatic rings. The smallest absolute Gasteiger partial charge is 0.124 e. The Hall–Kier alpha value is -1.47. The molecule has 0 fully saturated rings. The predicted octanol–water partition coefficient (Wildman–Crippen LogP) is 3.60. The molecule has 3 heteroatoms. The molecule has 0 saturated heterocycles. The molecule has 88 valence electrons. The quantitative estimate of drug-likeness (QED) is 0.806. The summed E-state index contributed by atoms with van der Waals surface area (Å²) in [5.41, 5.74) is 5.06. The van der Waals surface area contributed by atoms with Crippen LogP contribution >= 0.6 is 11.6 Å². The summed E-state index contributed by atoms with van der Waals surface area (Å²) in [5.74, 6) is 0. The van der Waals surface area contributed by atoms with Gasteiger partial charge in [0.2, 0.25) is 0 Å². The zero-order valence-electron chi connectivity index (χ0n) is 9.87. The summed E-state index contributed by atoms with van der Waals surface area (Å²) in [5, 5.41) is 11.7. The van der Waals surface area contributed by atoms with Gasteiger partial charge in [0.1, 0.15) is 6.10 Å².